The smallest absolute Gasteiger partial charge is 0.287 e. The molecule has 4 aromatic heterocycles. The van der Waals surface area contributed by atoms with E-state index in [0.717, 1.165) is 33.7 Å². The summed E-state index contributed by atoms with van der Waals surface area (Å²) in [5, 5.41) is 4.45. The molecular weight excluding hydrogens is 500 g/mol. The summed E-state index contributed by atoms with van der Waals surface area (Å²) in [6.07, 6.45) is 5.67. The molecule has 4 heterocycles. The molecule has 0 fully saturated rings. The number of furan rings is 2. The van der Waals surface area contributed by atoms with E-state index in [2.05, 4.69) is 10.3 Å². The summed E-state index contributed by atoms with van der Waals surface area (Å²) in [7, 11) is 1.94. The van der Waals surface area contributed by atoms with Crippen molar-refractivity contribution in [2.24, 2.45) is 7.05 Å². The highest BCUT2D eigenvalue weighted by Gasteiger charge is 2.24. The van der Waals surface area contributed by atoms with Crippen molar-refractivity contribution in [2.75, 3.05) is 0 Å². The lowest BCUT2D eigenvalue weighted by Crippen LogP contribution is -2.31. The first-order chi connectivity index (χ1) is 18.5. The number of nitrogens with one attached hydrogen (secondary N) is 1. The van der Waals surface area contributed by atoms with Gasteiger partial charge in [0.25, 0.3) is 5.91 Å². The second-order valence-electron chi connectivity index (χ2n) is 8.96. The van der Waals surface area contributed by atoms with Crippen LogP contribution in [0.3, 0.4) is 0 Å². The second-order valence-corrected chi connectivity index (χ2v) is 9.40. The molecule has 0 aliphatic rings. The third-order valence-corrected chi connectivity index (χ3v) is 6.70. The van der Waals surface area contributed by atoms with Gasteiger partial charge in [0.2, 0.25) is 0 Å². The Morgan fingerprint density at radius 2 is 1.84 bits per heavy atom. The molecule has 0 aliphatic carbocycles. The number of rotatable bonds is 7. The molecular formula is C30H23ClN4O3. The maximum atomic E-state index is 13.3. The number of hydrogen-bond donors (Lipinski definition) is 1. The Bertz CT molecular complexity index is 1700. The molecule has 6 aromatic rings. The van der Waals surface area contributed by atoms with Crippen molar-refractivity contribution in [3.8, 4) is 22.6 Å². The quantitative estimate of drug-likeness (QED) is 0.247. The van der Waals surface area contributed by atoms with Crippen LogP contribution in [0.5, 0.6) is 0 Å². The van der Waals surface area contributed by atoms with Gasteiger partial charge in [0.15, 0.2) is 5.76 Å². The molecule has 0 radical (unpaired) electrons. The molecule has 7 nitrogen and oxygen atoms in total. The van der Waals surface area contributed by atoms with Gasteiger partial charge in [-0.25, -0.2) is 4.98 Å². The van der Waals surface area contributed by atoms with Crippen molar-refractivity contribution in [3.05, 3.63) is 120 Å². The Morgan fingerprint density at radius 3 is 2.61 bits per heavy atom. The molecule has 1 atom stereocenters. The van der Waals surface area contributed by atoms with Gasteiger partial charge >= 0.3 is 0 Å². The Balaban J connectivity index is 1.31. The average molecular weight is 523 g/mol. The summed E-state index contributed by atoms with van der Waals surface area (Å²) in [6, 6.07) is 24.1. The highest BCUT2D eigenvalue weighted by Crippen LogP contribution is 2.28. The first-order valence-electron chi connectivity index (χ1n) is 12.1. The minimum Gasteiger partial charge on any atom is -0.464 e. The van der Waals surface area contributed by atoms with E-state index in [1.54, 1.807) is 36.7 Å². The van der Waals surface area contributed by atoms with E-state index in [-0.39, 0.29) is 11.7 Å². The fourth-order valence-corrected chi connectivity index (χ4v) is 4.73. The first kappa shape index (κ1) is 23.8. The lowest BCUT2D eigenvalue weighted by Gasteiger charge is -2.18. The normalized spacial score (nSPS) is 12.1. The van der Waals surface area contributed by atoms with Crippen molar-refractivity contribution in [1.29, 1.82) is 0 Å². The van der Waals surface area contributed by atoms with E-state index in [4.69, 9.17) is 25.4 Å². The topological polar surface area (TPSA) is 86.1 Å². The predicted molar refractivity (Wildman–Crippen MR) is 146 cm³/mol. The van der Waals surface area contributed by atoms with Crippen LogP contribution in [0.2, 0.25) is 5.02 Å². The van der Waals surface area contributed by atoms with Crippen LogP contribution in [0.15, 0.2) is 106 Å². The van der Waals surface area contributed by atoms with Crippen LogP contribution in [0.1, 0.15) is 28.1 Å². The third kappa shape index (κ3) is 4.71. The summed E-state index contributed by atoms with van der Waals surface area (Å²) >= 11 is 6.10. The number of imidazole rings is 1. The molecule has 0 saturated carbocycles. The minimum absolute atomic E-state index is 0.205. The summed E-state index contributed by atoms with van der Waals surface area (Å²) in [6.45, 7) is 0. The molecule has 188 valence electrons. The Labute approximate surface area is 223 Å². The molecule has 1 amide bonds. The third-order valence-electron chi connectivity index (χ3n) is 6.47. The fraction of sp³-hybridized carbons (Fsp3) is 0.100. The molecule has 1 unspecified atom stereocenters. The first-order valence-corrected chi connectivity index (χ1v) is 12.5. The van der Waals surface area contributed by atoms with Crippen molar-refractivity contribution in [3.63, 3.8) is 0 Å². The Morgan fingerprint density at radius 1 is 1.00 bits per heavy atom. The highest BCUT2D eigenvalue weighted by molar-refractivity contribution is 6.31. The van der Waals surface area contributed by atoms with Gasteiger partial charge in [-0.2, -0.15) is 0 Å². The zero-order valence-electron chi connectivity index (χ0n) is 20.5. The Kier molecular flexibility index (Phi) is 6.27. The van der Waals surface area contributed by atoms with E-state index in [9.17, 15) is 4.79 Å². The summed E-state index contributed by atoms with van der Waals surface area (Å²) in [5.74, 6) is 1.38. The van der Waals surface area contributed by atoms with Gasteiger partial charge in [0, 0.05) is 41.3 Å². The number of carbonyl (C=O) groups is 1. The zero-order chi connectivity index (χ0) is 26.1. The molecule has 0 saturated heterocycles. The summed E-state index contributed by atoms with van der Waals surface area (Å²) in [5.41, 5.74) is 4.34. The number of amides is 1. The lowest BCUT2D eigenvalue weighted by atomic mass is 10.1. The maximum Gasteiger partial charge on any atom is 0.287 e. The summed E-state index contributed by atoms with van der Waals surface area (Å²) in [4.78, 5) is 22.5. The van der Waals surface area contributed by atoms with E-state index in [0.29, 0.717) is 22.9 Å². The van der Waals surface area contributed by atoms with Gasteiger partial charge in [-0.05, 0) is 54.1 Å². The van der Waals surface area contributed by atoms with Gasteiger partial charge in [-0.1, -0.05) is 41.9 Å². The molecule has 38 heavy (non-hydrogen) atoms. The maximum absolute atomic E-state index is 13.3. The van der Waals surface area contributed by atoms with Crippen LogP contribution in [-0.2, 0) is 13.5 Å². The fourth-order valence-electron chi connectivity index (χ4n) is 4.55. The number of nitrogens with zero attached hydrogens (tertiary/aromatic N) is 3. The van der Waals surface area contributed by atoms with E-state index >= 15 is 0 Å². The molecule has 2 aromatic carbocycles. The number of aromatic nitrogens is 3. The zero-order valence-corrected chi connectivity index (χ0v) is 21.2. The van der Waals surface area contributed by atoms with Gasteiger partial charge in [0.1, 0.15) is 17.2 Å². The predicted octanol–water partition coefficient (Wildman–Crippen LogP) is 6.86. The van der Waals surface area contributed by atoms with Crippen LogP contribution in [0.4, 0.5) is 0 Å². The number of halogens is 1. The van der Waals surface area contributed by atoms with Crippen molar-refractivity contribution in [1.82, 2.24) is 19.9 Å². The number of carbonyl (C=O) groups excluding carboxylic acids is 1. The second kappa shape index (κ2) is 10.0. The largest absolute Gasteiger partial charge is 0.464 e. The standard InChI is InChI=1S/C30H23ClN4O3/c1-35-25(19-7-9-20(10-8-19)26-6-4-14-37-26)18-33-29(35)24(17-23-5-2-3-13-32-23)34-30(36)28-16-21-15-22(31)11-12-27(21)38-28/h2-16,18,24H,17H2,1H3,(H,34,36). The van der Waals surface area contributed by atoms with E-state index < -0.39 is 6.04 Å². The molecule has 0 spiro atoms. The van der Waals surface area contributed by atoms with Crippen molar-refractivity contribution < 1.29 is 13.6 Å². The van der Waals surface area contributed by atoms with Crippen LogP contribution < -0.4 is 5.32 Å². The van der Waals surface area contributed by atoms with Gasteiger partial charge < -0.3 is 18.7 Å². The number of pyridine rings is 1. The monoisotopic (exact) mass is 522 g/mol. The van der Waals surface area contributed by atoms with E-state index in [1.165, 1.54) is 0 Å². The number of fused-ring (bicyclic) bond motifs is 1. The summed E-state index contributed by atoms with van der Waals surface area (Å²) < 4.78 is 13.3. The van der Waals surface area contributed by atoms with Crippen LogP contribution in [0.25, 0.3) is 33.6 Å². The van der Waals surface area contributed by atoms with Gasteiger partial charge in [-0.3, -0.25) is 9.78 Å². The van der Waals surface area contributed by atoms with Crippen LogP contribution in [-0.4, -0.2) is 20.4 Å². The van der Waals surface area contributed by atoms with Crippen LogP contribution >= 0.6 is 11.6 Å². The number of benzene rings is 2. The van der Waals surface area contributed by atoms with Gasteiger partial charge in [-0.15, -0.1) is 0 Å². The minimum atomic E-state index is -0.449. The SMILES string of the molecule is Cn1c(-c2ccc(-c3ccco3)cc2)cnc1C(Cc1ccccn1)NC(=O)c1cc2cc(Cl)ccc2o1. The van der Waals surface area contributed by atoms with E-state index in [1.807, 2.05) is 72.4 Å². The number of hydrogen-bond acceptors (Lipinski definition) is 5. The van der Waals surface area contributed by atoms with Crippen molar-refractivity contribution >= 4 is 28.5 Å². The molecule has 0 bridgehead atoms. The lowest BCUT2D eigenvalue weighted by molar-refractivity contribution is 0.0908. The van der Waals surface area contributed by atoms with Gasteiger partial charge in [0.05, 0.1) is 24.2 Å². The Hall–Kier alpha value is -4.62. The highest BCUT2D eigenvalue weighted by atomic mass is 35.5. The molecule has 8 heteroatoms. The van der Waals surface area contributed by atoms with Crippen LogP contribution in [0, 0.1) is 0 Å². The molecule has 0 aliphatic heterocycles. The molecule has 1 N–H and O–H groups in total. The average Bonchev–Trinajstić information content (AvgIpc) is 3.69. The van der Waals surface area contributed by atoms with Crippen molar-refractivity contribution in [2.45, 2.75) is 12.5 Å². The molecule has 6 rings (SSSR count).